The van der Waals surface area contributed by atoms with Crippen molar-refractivity contribution >= 4 is 28.5 Å². The van der Waals surface area contributed by atoms with E-state index in [0.29, 0.717) is 39.6 Å². The van der Waals surface area contributed by atoms with Crippen LogP contribution in [0.25, 0.3) is 22.3 Å². The number of fused-ring (bicyclic) bond motifs is 1. The van der Waals surface area contributed by atoms with Gasteiger partial charge in [0, 0.05) is 11.6 Å². The van der Waals surface area contributed by atoms with Crippen molar-refractivity contribution in [1.82, 2.24) is 20.2 Å². The van der Waals surface area contributed by atoms with Crippen molar-refractivity contribution in [1.29, 1.82) is 0 Å². The van der Waals surface area contributed by atoms with E-state index >= 15 is 0 Å². The molecule has 2 atom stereocenters. The molecule has 2 aromatic carbocycles. The van der Waals surface area contributed by atoms with Crippen LogP contribution in [0.2, 0.25) is 5.02 Å². The molecule has 2 heterocycles. The Balaban J connectivity index is 1.61. The number of aromatic nitrogens is 4. The molecule has 0 amide bonds. The molecule has 1 aliphatic rings. The van der Waals surface area contributed by atoms with Gasteiger partial charge in [0.05, 0.1) is 22.6 Å². The Morgan fingerprint density at radius 2 is 1.91 bits per heavy atom. The Kier molecular flexibility index (Phi) is 5.82. The maximum atomic E-state index is 14.1. The standard InChI is InChI=1S/C23H20ClF2N5O2/c24-14-6-2-1-5-13(14)20-19-21(27-16-7-3-4-8-17(16)32)28-23(29-22(19)31-30-20)33-18-10-9-12(25)11-15(18)26/h1-2,5-6,9-11,16-17,32H,3-4,7-8H2,(H2,27,28,29,30,31). The van der Waals surface area contributed by atoms with Crippen LogP contribution >= 0.6 is 11.6 Å². The third-order valence-corrected chi connectivity index (χ3v) is 6.00. The van der Waals surface area contributed by atoms with Gasteiger partial charge in [0.1, 0.15) is 17.3 Å². The maximum absolute atomic E-state index is 14.1. The lowest BCUT2D eigenvalue weighted by molar-refractivity contribution is 0.116. The topological polar surface area (TPSA) is 96.0 Å². The van der Waals surface area contributed by atoms with E-state index in [-0.39, 0.29) is 17.8 Å². The van der Waals surface area contributed by atoms with Crippen LogP contribution in [-0.2, 0) is 0 Å². The van der Waals surface area contributed by atoms with Gasteiger partial charge in [-0.1, -0.05) is 42.6 Å². The smallest absolute Gasteiger partial charge is 0.326 e. The van der Waals surface area contributed by atoms with E-state index < -0.39 is 17.7 Å². The molecule has 7 nitrogen and oxygen atoms in total. The lowest BCUT2D eigenvalue weighted by Crippen LogP contribution is -2.36. The van der Waals surface area contributed by atoms with Gasteiger partial charge in [-0.05, 0) is 31.0 Å². The predicted octanol–water partition coefficient (Wildman–Crippen LogP) is 5.46. The molecule has 1 fully saturated rings. The Hall–Kier alpha value is -3.30. The summed E-state index contributed by atoms with van der Waals surface area (Å²) in [6.45, 7) is 0. The minimum absolute atomic E-state index is 0.157. The summed E-state index contributed by atoms with van der Waals surface area (Å²) in [6, 6.07) is 9.82. The number of aliphatic hydroxyl groups is 1. The molecule has 0 radical (unpaired) electrons. The normalized spacial score (nSPS) is 18.4. The number of nitrogens with zero attached hydrogens (tertiary/aromatic N) is 3. The van der Waals surface area contributed by atoms with Crippen molar-refractivity contribution < 1.29 is 18.6 Å². The summed E-state index contributed by atoms with van der Waals surface area (Å²) in [5.41, 5.74) is 1.55. The molecule has 1 aliphatic carbocycles. The molecule has 0 saturated heterocycles. The minimum atomic E-state index is -0.878. The Morgan fingerprint density at radius 1 is 1.09 bits per heavy atom. The van der Waals surface area contributed by atoms with Crippen molar-refractivity contribution in [3.63, 3.8) is 0 Å². The van der Waals surface area contributed by atoms with E-state index in [9.17, 15) is 13.9 Å². The number of ether oxygens (including phenoxy) is 1. The van der Waals surface area contributed by atoms with Crippen LogP contribution in [0.15, 0.2) is 42.5 Å². The third-order valence-electron chi connectivity index (χ3n) is 5.67. The number of aliphatic hydroxyl groups excluding tert-OH is 1. The van der Waals surface area contributed by atoms with E-state index in [0.717, 1.165) is 31.4 Å². The minimum Gasteiger partial charge on any atom is -0.421 e. The molecule has 170 valence electrons. The second-order valence-corrected chi connectivity index (χ2v) is 8.32. The maximum Gasteiger partial charge on any atom is 0.326 e. The van der Waals surface area contributed by atoms with Crippen LogP contribution in [0.3, 0.4) is 0 Å². The highest BCUT2D eigenvalue weighted by atomic mass is 35.5. The molecule has 0 bridgehead atoms. The van der Waals surface area contributed by atoms with Gasteiger partial charge in [0.2, 0.25) is 0 Å². The summed E-state index contributed by atoms with van der Waals surface area (Å²) in [6.07, 6.45) is 2.81. The van der Waals surface area contributed by atoms with Crippen LogP contribution in [0.1, 0.15) is 25.7 Å². The molecule has 2 aromatic heterocycles. The van der Waals surface area contributed by atoms with Gasteiger partial charge in [0.15, 0.2) is 17.2 Å². The zero-order chi connectivity index (χ0) is 22.9. The fourth-order valence-corrected chi connectivity index (χ4v) is 4.25. The number of benzene rings is 2. The fourth-order valence-electron chi connectivity index (χ4n) is 4.02. The highest BCUT2D eigenvalue weighted by Gasteiger charge is 2.26. The lowest BCUT2D eigenvalue weighted by atomic mass is 9.92. The first-order chi connectivity index (χ1) is 16.0. The fraction of sp³-hybridized carbons (Fsp3) is 0.261. The zero-order valence-electron chi connectivity index (χ0n) is 17.4. The third kappa shape index (κ3) is 4.34. The van der Waals surface area contributed by atoms with Crippen molar-refractivity contribution in [3.05, 3.63) is 59.1 Å². The molecule has 0 spiro atoms. The SMILES string of the molecule is OC1CCCCC1Nc1nc(Oc2ccc(F)cc2F)nc2[nH]nc(-c3ccccc3Cl)c12. The van der Waals surface area contributed by atoms with Gasteiger partial charge in [-0.3, -0.25) is 5.10 Å². The van der Waals surface area contributed by atoms with E-state index in [1.807, 2.05) is 18.2 Å². The second-order valence-electron chi connectivity index (χ2n) is 7.91. The van der Waals surface area contributed by atoms with E-state index in [1.165, 1.54) is 6.07 Å². The number of H-pyrrole nitrogens is 1. The molecule has 33 heavy (non-hydrogen) atoms. The number of anilines is 1. The van der Waals surface area contributed by atoms with Gasteiger partial charge in [-0.15, -0.1) is 0 Å². The summed E-state index contributed by atoms with van der Waals surface area (Å²) >= 11 is 6.40. The number of aromatic amines is 1. The molecule has 3 N–H and O–H groups in total. The van der Waals surface area contributed by atoms with Crippen molar-refractivity contribution in [2.45, 2.75) is 37.8 Å². The van der Waals surface area contributed by atoms with Gasteiger partial charge in [0.25, 0.3) is 0 Å². The summed E-state index contributed by atoms with van der Waals surface area (Å²) in [5.74, 6) is -1.45. The van der Waals surface area contributed by atoms with E-state index in [2.05, 4.69) is 25.5 Å². The molecular formula is C23H20ClF2N5O2. The number of hydrogen-bond donors (Lipinski definition) is 3. The van der Waals surface area contributed by atoms with Crippen LogP contribution < -0.4 is 10.1 Å². The van der Waals surface area contributed by atoms with Crippen LogP contribution in [-0.4, -0.2) is 37.4 Å². The van der Waals surface area contributed by atoms with Crippen LogP contribution in [0.5, 0.6) is 11.8 Å². The van der Waals surface area contributed by atoms with Crippen LogP contribution in [0.4, 0.5) is 14.6 Å². The molecule has 2 unspecified atom stereocenters. The second kappa shape index (κ2) is 8.92. The number of rotatable bonds is 5. The monoisotopic (exact) mass is 471 g/mol. The number of halogens is 3. The molecule has 5 rings (SSSR count). The number of hydrogen-bond acceptors (Lipinski definition) is 6. The molecule has 1 saturated carbocycles. The Labute approximate surface area is 192 Å². The average molecular weight is 472 g/mol. The largest absolute Gasteiger partial charge is 0.421 e. The van der Waals surface area contributed by atoms with E-state index in [1.54, 1.807) is 6.07 Å². The summed E-state index contributed by atoms with van der Waals surface area (Å²) < 4.78 is 32.9. The van der Waals surface area contributed by atoms with Gasteiger partial charge >= 0.3 is 6.01 Å². The van der Waals surface area contributed by atoms with Crippen LogP contribution in [0, 0.1) is 11.6 Å². The highest BCUT2D eigenvalue weighted by Crippen LogP contribution is 2.37. The highest BCUT2D eigenvalue weighted by molar-refractivity contribution is 6.33. The number of nitrogens with one attached hydrogen (secondary N) is 2. The predicted molar refractivity (Wildman–Crippen MR) is 120 cm³/mol. The van der Waals surface area contributed by atoms with Crippen molar-refractivity contribution in [2.24, 2.45) is 0 Å². The first kappa shape index (κ1) is 21.5. The zero-order valence-corrected chi connectivity index (χ0v) is 18.1. The van der Waals surface area contributed by atoms with Crippen molar-refractivity contribution in [3.8, 4) is 23.0 Å². The molecular weight excluding hydrogens is 452 g/mol. The molecule has 10 heteroatoms. The molecule has 4 aromatic rings. The van der Waals surface area contributed by atoms with Gasteiger partial charge in [-0.25, -0.2) is 8.78 Å². The van der Waals surface area contributed by atoms with Crippen molar-refractivity contribution in [2.75, 3.05) is 5.32 Å². The van der Waals surface area contributed by atoms with E-state index in [4.69, 9.17) is 16.3 Å². The summed E-state index contributed by atoms with van der Waals surface area (Å²) in [7, 11) is 0. The average Bonchev–Trinajstić information content (AvgIpc) is 3.22. The summed E-state index contributed by atoms with van der Waals surface area (Å²) in [5, 5.41) is 22.1. The first-order valence-corrected chi connectivity index (χ1v) is 11.0. The Bertz CT molecular complexity index is 1320. The molecule has 0 aliphatic heterocycles. The van der Waals surface area contributed by atoms with Gasteiger partial charge in [-0.2, -0.15) is 15.1 Å². The van der Waals surface area contributed by atoms with Gasteiger partial charge < -0.3 is 15.2 Å². The lowest BCUT2D eigenvalue weighted by Gasteiger charge is -2.29. The Morgan fingerprint density at radius 3 is 2.70 bits per heavy atom. The summed E-state index contributed by atoms with van der Waals surface area (Å²) in [4.78, 5) is 8.78. The quantitative estimate of drug-likeness (QED) is 0.358. The first-order valence-electron chi connectivity index (χ1n) is 10.6.